The molecule has 0 saturated heterocycles. The van der Waals surface area contributed by atoms with Crippen molar-refractivity contribution in [2.75, 3.05) is 13.2 Å². The molecule has 1 aromatic carbocycles. The molecular formula is C16H25NO2. The van der Waals surface area contributed by atoms with Crippen molar-refractivity contribution in [3.8, 4) is 5.75 Å². The van der Waals surface area contributed by atoms with Crippen LogP contribution in [0.25, 0.3) is 0 Å². The normalized spacial score (nSPS) is 21.6. The van der Waals surface area contributed by atoms with Crippen LogP contribution in [-0.4, -0.2) is 24.4 Å². The van der Waals surface area contributed by atoms with Gasteiger partial charge in [-0.15, -0.1) is 0 Å². The lowest BCUT2D eigenvalue weighted by atomic mass is 9.81. The second-order valence-electron chi connectivity index (χ2n) is 5.82. The summed E-state index contributed by atoms with van der Waals surface area (Å²) in [5.74, 6) is 1.94. The van der Waals surface area contributed by atoms with Gasteiger partial charge in [0.25, 0.3) is 0 Å². The minimum atomic E-state index is -0.332. The first-order valence-corrected chi connectivity index (χ1v) is 7.23. The van der Waals surface area contributed by atoms with E-state index in [1.165, 1.54) is 5.56 Å². The van der Waals surface area contributed by atoms with Gasteiger partial charge in [-0.2, -0.15) is 0 Å². The predicted molar refractivity (Wildman–Crippen MR) is 77.3 cm³/mol. The maximum Gasteiger partial charge on any atom is 0.122 e. The summed E-state index contributed by atoms with van der Waals surface area (Å²) in [6.45, 7) is 5.53. The molecule has 106 valence electrons. The van der Waals surface area contributed by atoms with E-state index in [1.54, 1.807) is 0 Å². The summed E-state index contributed by atoms with van der Waals surface area (Å²) in [5, 5.41) is 10.4. The van der Waals surface area contributed by atoms with Gasteiger partial charge in [0.1, 0.15) is 5.75 Å². The molecular weight excluding hydrogens is 238 g/mol. The molecule has 2 rings (SSSR count). The van der Waals surface area contributed by atoms with Crippen molar-refractivity contribution in [3.05, 3.63) is 29.8 Å². The van der Waals surface area contributed by atoms with Crippen LogP contribution in [-0.2, 0) is 0 Å². The van der Waals surface area contributed by atoms with Gasteiger partial charge in [-0.3, -0.25) is 0 Å². The number of ether oxygens (including phenoxy) is 1. The second-order valence-corrected chi connectivity index (χ2v) is 5.82. The van der Waals surface area contributed by atoms with Crippen LogP contribution in [0.3, 0.4) is 0 Å². The average molecular weight is 263 g/mol. The van der Waals surface area contributed by atoms with Gasteiger partial charge >= 0.3 is 0 Å². The molecule has 0 radical (unpaired) electrons. The number of aliphatic hydroxyl groups is 1. The minimum Gasteiger partial charge on any atom is -0.493 e. The van der Waals surface area contributed by atoms with Crippen LogP contribution in [0.1, 0.15) is 38.2 Å². The van der Waals surface area contributed by atoms with Gasteiger partial charge in [-0.25, -0.2) is 0 Å². The van der Waals surface area contributed by atoms with Crippen molar-refractivity contribution in [3.63, 3.8) is 0 Å². The van der Waals surface area contributed by atoms with Crippen molar-refractivity contribution in [2.45, 2.75) is 38.7 Å². The molecule has 3 nitrogen and oxygen atoms in total. The van der Waals surface area contributed by atoms with E-state index in [1.807, 2.05) is 18.2 Å². The molecule has 19 heavy (non-hydrogen) atoms. The van der Waals surface area contributed by atoms with Crippen molar-refractivity contribution >= 4 is 0 Å². The van der Waals surface area contributed by atoms with Crippen LogP contribution in [0, 0.1) is 11.8 Å². The van der Waals surface area contributed by atoms with E-state index in [2.05, 4.69) is 19.9 Å². The lowest BCUT2D eigenvalue weighted by Gasteiger charge is -2.31. The predicted octanol–water partition coefficient (Wildman–Crippen LogP) is 2.53. The third kappa shape index (κ3) is 3.28. The van der Waals surface area contributed by atoms with E-state index in [0.29, 0.717) is 18.4 Å². The van der Waals surface area contributed by atoms with Gasteiger partial charge in [-0.05, 0) is 48.8 Å². The molecule has 0 saturated carbocycles. The quantitative estimate of drug-likeness (QED) is 0.858. The van der Waals surface area contributed by atoms with E-state index in [0.717, 1.165) is 25.2 Å². The van der Waals surface area contributed by atoms with E-state index in [4.69, 9.17) is 10.5 Å². The first-order chi connectivity index (χ1) is 9.13. The second kappa shape index (κ2) is 6.40. The summed E-state index contributed by atoms with van der Waals surface area (Å²) >= 11 is 0. The summed E-state index contributed by atoms with van der Waals surface area (Å²) in [7, 11) is 0. The summed E-state index contributed by atoms with van der Waals surface area (Å²) < 4.78 is 5.66. The van der Waals surface area contributed by atoms with Crippen molar-refractivity contribution in [1.82, 2.24) is 0 Å². The zero-order chi connectivity index (χ0) is 13.8. The molecule has 1 heterocycles. The van der Waals surface area contributed by atoms with Crippen LogP contribution < -0.4 is 10.5 Å². The van der Waals surface area contributed by atoms with E-state index < -0.39 is 0 Å². The number of hydrogen-bond acceptors (Lipinski definition) is 3. The first kappa shape index (κ1) is 14.4. The first-order valence-electron chi connectivity index (χ1n) is 7.23. The third-order valence-corrected chi connectivity index (χ3v) is 4.23. The van der Waals surface area contributed by atoms with Gasteiger partial charge in [-0.1, -0.05) is 32.0 Å². The van der Waals surface area contributed by atoms with Crippen molar-refractivity contribution in [2.24, 2.45) is 17.6 Å². The Hall–Kier alpha value is -1.06. The highest BCUT2D eigenvalue weighted by Crippen LogP contribution is 2.37. The maximum absolute atomic E-state index is 10.4. The highest BCUT2D eigenvalue weighted by Gasteiger charge is 2.28. The summed E-state index contributed by atoms with van der Waals surface area (Å²) in [6, 6.07) is 8.15. The molecule has 0 fully saturated rings. The molecule has 0 aliphatic carbocycles. The number of aliphatic hydroxyl groups excluding tert-OH is 1. The number of rotatable bonds is 5. The summed E-state index contributed by atoms with van der Waals surface area (Å²) in [4.78, 5) is 0. The fourth-order valence-corrected chi connectivity index (χ4v) is 3.00. The fourth-order valence-electron chi connectivity index (χ4n) is 3.00. The number of hydrogen-bond donors (Lipinski definition) is 2. The zero-order valence-electron chi connectivity index (χ0n) is 11.9. The summed E-state index contributed by atoms with van der Waals surface area (Å²) in [6.07, 6.45) is 1.42. The number of para-hydroxylation sites is 1. The van der Waals surface area contributed by atoms with Crippen LogP contribution in [0.2, 0.25) is 0 Å². The fraction of sp³-hybridized carbons (Fsp3) is 0.625. The Morgan fingerprint density at radius 3 is 2.79 bits per heavy atom. The monoisotopic (exact) mass is 263 g/mol. The molecule has 0 aromatic heterocycles. The van der Waals surface area contributed by atoms with Crippen LogP contribution in [0.5, 0.6) is 5.75 Å². The molecule has 3 atom stereocenters. The van der Waals surface area contributed by atoms with E-state index in [9.17, 15) is 5.11 Å². The molecule has 0 spiro atoms. The highest BCUT2D eigenvalue weighted by atomic mass is 16.5. The molecule has 3 unspecified atom stereocenters. The van der Waals surface area contributed by atoms with Gasteiger partial charge in [0, 0.05) is 0 Å². The van der Waals surface area contributed by atoms with E-state index >= 15 is 0 Å². The van der Waals surface area contributed by atoms with Crippen LogP contribution in [0.4, 0.5) is 0 Å². The third-order valence-electron chi connectivity index (χ3n) is 4.23. The van der Waals surface area contributed by atoms with Gasteiger partial charge in [0.05, 0.1) is 12.7 Å². The van der Waals surface area contributed by atoms with Crippen LogP contribution >= 0.6 is 0 Å². The molecule has 1 aliphatic rings. The Bertz CT molecular complexity index is 405. The Kier molecular flexibility index (Phi) is 4.83. The molecule has 1 aromatic rings. The molecule has 0 bridgehead atoms. The van der Waals surface area contributed by atoms with Crippen molar-refractivity contribution < 1.29 is 9.84 Å². The molecule has 1 aliphatic heterocycles. The standard InChI is InChI=1S/C16H25NO2/c1-11(2)14(10-17)15(18)9-12-7-8-19-16-6-4-3-5-13(12)16/h3-6,11-12,14-15,18H,7-10,17H2,1-2H3. The average Bonchev–Trinajstić information content (AvgIpc) is 2.39. The number of nitrogens with two attached hydrogens (primary N) is 1. The van der Waals surface area contributed by atoms with Crippen molar-refractivity contribution in [1.29, 1.82) is 0 Å². The lowest BCUT2D eigenvalue weighted by molar-refractivity contribution is 0.0669. The SMILES string of the molecule is CC(C)C(CN)C(O)CC1CCOc2ccccc21. The zero-order valence-corrected chi connectivity index (χ0v) is 11.9. The summed E-state index contributed by atoms with van der Waals surface area (Å²) in [5.41, 5.74) is 7.02. The molecule has 3 N–H and O–H groups in total. The molecule has 0 amide bonds. The Morgan fingerprint density at radius 2 is 2.11 bits per heavy atom. The lowest BCUT2D eigenvalue weighted by Crippen LogP contribution is -2.33. The van der Waals surface area contributed by atoms with Gasteiger partial charge in [0.2, 0.25) is 0 Å². The Labute approximate surface area is 115 Å². The highest BCUT2D eigenvalue weighted by molar-refractivity contribution is 5.37. The van der Waals surface area contributed by atoms with Gasteiger partial charge in [0.15, 0.2) is 0 Å². The Balaban J connectivity index is 2.08. The maximum atomic E-state index is 10.4. The number of benzene rings is 1. The smallest absolute Gasteiger partial charge is 0.122 e. The van der Waals surface area contributed by atoms with E-state index in [-0.39, 0.29) is 12.0 Å². The van der Waals surface area contributed by atoms with Gasteiger partial charge < -0.3 is 15.6 Å². The topological polar surface area (TPSA) is 55.5 Å². The molecule has 3 heteroatoms. The largest absolute Gasteiger partial charge is 0.493 e. The minimum absolute atomic E-state index is 0.176. The Morgan fingerprint density at radius 1 is 1.37 bits per heavy atom. The number of fused-ring (bicyclic) bond motifs is 1. The van der Waals surface area contributed by atoms with Crippen LogP contribution in [0.15, 0.2) is 24.3 Å².